The van der Waals surface area contributed by atoms with Crippen molar-refractivity contribution in [3.05, 3.63) is 66.4 Å². The molecule has 0 bridgehead atoms. The van der Waals surface area contributed by atoms with Gasteiger partial charge in [-0.2, -0.15) is 0 Å². The number of pyridine rings is 1. The molecule has 0 spiro atoms. The molecule has 100 valence electrons. The number of hydrogen-bond acceptors (Lipinski definition) is 3. The Morgan fingerprint density at radius 2 is 1.90 bits per heavy atom. The Morgan fingerprint density at radius 3 is 2.45 bits per heavy atom. The molecular weight excluding hydrogens is 250 g/mol. The molecule has 3 rings (SSSR count). The Bertz CT molecular complexity index is 638. The van der Waals surface area contributed by atoms with Crippen LogP contribution in [0.4, 0.5) is 0 Å². The topological polar surface area (TPSA) is 39.2 Å². The second-order valence-corrected chi connectivity index (χ2v) is 4.72. The number of benzene rings is 1. The number of carbonyl (C=O) groups is 1. The van der Waals surface area contributed by atoms with E-state index in [1.807, 2.05) is 61.5 Å². The van der Waals surface area contributed by atoms with Crippen molar-refractivity contribution in [3.8, 4) is 11.3 Å². The van der Waals surface area contributed by atoms with E-state index < -0.39 is 5.41 Å². The molecule has 2 aromatic rings. The minimum absolute atomic E-state index is 0.228. The summed E-state index contributed by atoms with van der Waals surface area (Å²) in [5.74, 6) is -0.228. The lowest BCUT2D eigenvalue weighted by molar-refractivity contribution is -0.145. The van der Waals surface area contributed by atoms with Gasteiger partial charge in [-0.15, -0.1) is 0 Å². The lowest BCUT2D eigenvalue weighted by Crippen LogP contribution is -2.25. The van der Waals surface area contributed by atoms with Crippen LogP contribution in [0.2, 0.25) is 0 Å². The average Bonchev–Trinajstić information content (AvgIpc) is 3.30. The highest BCUT2D eigenvalue weighted by molar-refractivity contribution is 5.93. The Kier molecular flexibility index (Phi) is 3.11. The van der Waals surface area contributed by atoms with Gasteiger partial charge in [-0.1, -0.05) is 48.6 Å². The fourth-order valence-corrected chi connectivity index (χ4v) is 2.20. The number of aromatic nitrogens is 1. The van der Waals surface area contributed by atoms with E-state index in [0.717, 1.165) is 16.8 Å². The maximum absolute atomic E-state index is 12.0. The van der Waals surface area contributed by atoms with E-state index >= 15 is 0 Å². The van der Waals surface area contributed by atoms with Crippen LogP contribution in [0.5, 0.6) is 0 Å². The van der Waals surface area contributed by atoms with Gasteiger partial charge in [-0.25, -0.2) is 0 Å². The number of ether oxygens (including phenoxy) is 1. The summed E-state index contributed by atoms with van der Waals surface area (Å²) < 4.78 is 5.11. The maximum Gasteiger partial charge on any atom is 0.324 e. The lowest BCUT2D eigenvalue weighted by atomic mass is 9.95. The fourth-order valence-electron chi connectivity index (χ4n) is 2.20. The summed E-state index contributed by atoms with van der Waals surface area (Å²) in [5.41, 5.74) is 2.13. The third-order valence-electron chi connectivity index (χ3n) is 3.42. The highest BCUT2D eigenvalue weighted by Crippen LogP contribution is 2.39. The highest BCUT2D eigenvalue weighted by atomic mass is 16.5. The van der Waals surface area contributed by atoms with E-state index in [2.05, 4.69) is 4.98 Å². The first-order chi connectivity index (χ1) is 9.76. The molecule has 1 heterocycles. The molecule has 0 fully saturated rings. The quantitative estimate of drug-likeness (QED) is 0.630. The molecule has 20 heavy (non-hydrogen) atoms. The summed E-state index contributed by atoms with van der Waals surface area (Å²) in [7, 11) is 0. The van der Waals surface area contributed by atoms with Crippen LogP contribution in [0.25, 0.3) is 11.3 Å². The molecule has 0 unspecified atom stereocenters. The van der Waals surface area contributed by atoms with Gasteiger partial charge in [0.25, 0.3) is 0 Å². The van der Waals surface area contributed by atoms with Gasteiger partial charge in [0, 0.05) is 11.8 Å². The summed E-state index contributed by atoms with van der Waals surface area (Å²) in [6, 6.07) is 13.8. The van der Waals surface area contributed by atoms with Gasteiger partial charge in [0.15, 0.2) is 0 Å². The van der Waals surface area contributed by atoms with Crippen LogP contribution in [0.15, 0.2) is 60.8 Å². The first-order valence-corrected chi connectivity index (χ1v) is 6.66. The zero-order valence-corrected chi connectivity index (χ0v) is 11.2. The van der Waals surface area contributed by atoms with Crippen LogP contribution in [0.3, 0.4) is 0 Å². The minimum Gasteiger partial charge on any atom is -0.465 e. The first kappa shape index (κ1) is 12.6. The smallest absolute Gasteiger partial charge is 0.324 e. The number of esters is 1. The molecular formula is C17H15NO2. The van der Waals surface area contributed by atoms with Crippen LogP contribution in [-0.4, -0.2) is 17.6 Å². The molecule has 1 aliphatic carbocycles. The summed E-state index contributed by atoms with van der Waals surface area (Å²) in [4.78, 5) is 16.4. The van der Waals surface area contributed by atoms with Crippen molar-refractivity contribution < 1.29 is 9.53 Å². The zero-order valence-electron chi connectivity index (χ0n) is 11.2. The Hall–Kier alpha value is -2.42. The van der Waals surface area contributed by atoms with Crippen molar-refractivity contribution in [1.82, 2.24) is 4.98 Å². The van der Waals surface area contributed by atoms with Gasteiger partial charge in [-0.05, 0) is 18.6 Å². The van der Waals surface area contributed by atoms with Gasteiger partial charge >= 0.3 is 5.97 Å². The fraction of sp³-hybridized carbons (Fsp3) is 0.176. The first-order valence-electron chi connectivity index (χ1n) is 6.66. The molecule has 3 nitrogen and oxygen atoms in total. The predicted octanol–water partition coefficient (Wildman–Crippen LogP) is 3.12. The third-order valence-corrected chi connectivity index (χ3v) is 3.42. The van der Waals surface area contributed by atoms with Gasteiger partial charge in [0.1, 0.15) is 5.41 Å². The summed E-state index contributed by atoms with van der Waals surface area (Å²) >= 11 is 0. The van der Waals surface area contributed by atoms with E-state index in [1.165, 1.54) is 0 Å². The lowest BCUT2D eigenvalue weighted by Gasteiger charge is -2.14. The molecule has 1 aromatic heterocycles. The predicted molar refractivity (Wildman–Crippen MR) is 77.1 cm³/mol. The second kappa shape index (κ2) is 4.93. The third kappa shape index (κ3) is 2.11. The normalized spacial score (nSPS) is 14.8. The maximum atomic E-state index is 12.0. The standard InChI is InChI=1S/C17H15NO2/c1-2-20-16(19)17(10-11-17)14-8-9-15(18-12-14)13-6-4-3-5-7-13/h3-12H,2H2,1H3. The minimum atomic E-state index is -0.682. The number of carbonyl (C=O) groups excluding carboxylic acids is 1. The Morgan fingerprint density at radius 1 is 1.15 bits per heavy atom. The molecule has 1 aliphatic rings. The number of hydrogen-bond donors (Lipinski definition) is 0. The molecule has 0 amide bonds. The van der Waals surface area contributed by atoms with E-state index in [1.54, 1.807) is 6.20 Å². The largest absolute Gasteiger partial charge is 0.465 e. The second-order valence-electron chi connectivity index (χ2n) is 4.72. The molecule has 0 aliphatic heterocycles. The Balaban J connectivity index is 1.86. The summed E-state index contributed by atoms with van der Waals surface area (Å²) in [6.07, 6.45) is 5.45. The monoisotopic (exact) mass is 265 g/mol. The number of rotatable bonds is 4. The zero-order chi connectivity index (χ0) is 14.0. The van der Waals surface area contributed by atoms with Crippen LogP contribution < -0.4 is 0 Å². The van der Waals surface area contributed by atoms with Crippen molar-refractivity contribution in [1.29, 1.82) is 0 Å². The van der Waals surface area contributed by atoms with Crippen molar-refractivity contribution in [2.45, 2.75) is 12.3 Å². The van der Waals surface area contributed by atoms with Gasteiger partial charge < -0.3 is 4.74 Å². The van der Waals surface area contributed by atoms with E-state index in [4.69, 9.17) is 4.74 Å². The molecule has 3 heteroatoms. The Labute approximate surface area is 117 Å². The van der Waals surface area contributed by atoms with Crippen LogP contribution >= 0.6 is 0 Å². The summed E-state index contributed by atoms with van der Waals surface area (Å²) in [5, 5.41) is 0. The molecule has 1 aromatic carbocycles. The van der Waals surface area contributed by atoms with E-state index in [0.29, 0.717) is 6.61 Å². The molecule has 0 atom stereocenters. The van der Waals surface area contributed by atoms with Crippen LogP contribution in [-0.2, 0) is 14.9 Å². The van der Waals surface area contributed by atoms with Crippen molar-refractivity contribution in [2.75, 3.05) is 6.61 Å². The molecule has 0 radical (unpaired) electrons. The number of nitrogens with zero attached hydrogens (tertiary/aromatic N) is 1. The molecule has 0 N–H and O–H groups in total. The van der Waals surface area contributed by atoms with Gasteiger partial charge in [0.05, 0.1) is 12.3 Å². The van der Waals surface area contributed by atoms with Crippen molar-refractivity contribution >= 4 is 5.97 Å². The van der Waals surface area contributed by atoms with Crippen LogP contribution in [0, 0.1) is 0 Å². The highest BCUT2D eigenvalue weighted by Gasteiger charge is 2.45. The van der Waals surface area contributed by atoms with E-state index in [-0.39, 0.29) is 5.97 Å². The van der Waals surface area contributed by atoms with Crippen LogP contribution in [0.1, 0.15) is 12.5 Å². The average molecular weight is 265 g/mol. The SMILES string of the molecule is CCOC(=O)C1(c2ccc(-c3ccccc3)nc2)C=C1. The summed E-state index contributed by atoms with van der Waals surface area (Å²) in [6.45, 7) is 2.20. The van der Waals surface area contributed by atoms with Gasteiger partial charge in [0.2, 0.25) is 0 Å². The van der Waals surface area contributed by atoms with Crippen molar-refractivity contribution in [3.63, 3.8) is 0 Å². The molecule has 0 saturated carbocycles. The van der Waals surface area contributed by atoms with Gasteiger partial charge in [-0.3, -0.25) is 9.78 Å². The molecule has 0 saturated heterocycles. The van der Waals surface area contributed by atoms with E-state index in [9.17, 15) is 4.79 Å². The van der Waals surface area contributed by atoms with Crippen molar-refractivity contribution in [2.24, 2.45) is 0 Å².